The zero-order valence-electron chi connectivity index (χ0n) is 12.1. The van der Waals surface area contributed by atoms with Crippen LogP contribution < -0.4 is 10.6 Å². The summed E-state index contributed by atoms with van der Waals surface area (Å²) in [6.45, 7) is 2.47. The van der Waals surface area contributed by atoms with E-state index in [4.69, 9.17) is 5.11 Å². The number of carbonyl (C=O) groups excluding carboxylic acids is 1. The van der Waals surface area contributed by atoms with E-state index in [9.17, 15) is 9.59 Å². The third kappa shape index (κ3) is 5.19. The number of piperidine rings is 1. The summed E-state index contributed by atoms with van der Waals surface area (Å²) in [5, 5.41) is 15.1. The van der Waals surface area contributed by atoms with Crippen LogP contribution in [0.3, 0.4) is 0 Å². The molecule has 3 N–H and O–H groups in total. The number of carbonyl (C=O) groups is 2. The summed E-state index contributed by atoms with van der Waals surface area (Å²) >= 11 is 0. The van der Waals surface area contributed by atoms with E-state index in [1.807, 2.05) is 6.07 Å². The van der Waals surface area contributed by atoms with Gasteiger partial charge in [0.05, 0.1) is 5.56 Å². The second-order valence-electron chi connectivity index (χ2n) is 5.53. The van der Waals surface area contributed by atoms with E-state index >= 15 is 0 Å². The van der Waals surface area contributed by atoms with Gasteiger partial charge in [-0.1, -0.05) is 12.1 Å². The van der Waals surface area contributed by atoms with E-state index in [1.54, 1.807) is 18.2 Å². The van der Waals surface area contributed by atoms with Crippen molar-refractivity contribution in [3.8, 4) is 0 Å². The van der Waals surface area contributed by atoms with Crippen LogP contribution in [0.15, 0.2) is 24.3 Å². The van der Waals surface area contributed by atoms with Crippen LogP contribution in [0.4, 0.5) is 0 Å². The molecule has 5 nitrogen and oxygen atoms in total. The second-order valence-corrected chi connectivity index (χ2v) is 5.53. The Morgan fingerprint density at radius 1 is 1.38 bits per heavy atom. The van der Waals surface area contributed by atoms with E-state index in [2.05, 4.69) is 10.6 Å². The Morgan fingerprint density at radius 2 is 2.24 bits per heavy atom. The second kappa shape index (κ2) is 7.78. The van der Waals surface area contributed by atoms with Gasteiger partial charge in [-0.3, -0.25) is 4.79 Å². The summed E-state index contributed by atoms with van der Waals surface area (Å²) in [7, 11) is 0. The van der Waals surface area contributed by atoms with E-state index in [0.29, 0.717) is 18.9 Å². The molecule has 0 spiro atoms. The Labute approximate surface area is 124 Å². The quantitative estimate of drug-likeness (QED) is 0.746. The molecule has 1 aromatic carbocycles. The number of hydrogen-bond donors (Lipinski definition) is 3. The first-order valence-electron chi connectivity index (χ1n) is 7.45. The molecule has 0 saturated carbocycles. The van der Waals surface area contributed by atoms with Crippen molar-refractivity contribution in [3.05, 3.63) is 35.4 Å². The fourth-order valence-corrected chi connectivity index (χ4v) is 2.61. The molecule has 1 fully saturated rings. The Bertz CT molecular complexity index is 496. The number of rotatable bonds is 6. The normalized spacial score (nSPS) is 18.2. The summed E-state index contributed by atoms with van der Waals surface area (Å²) in [5.74, 6) is -0.325. The van der Waals surface area contributed by atoms with E-state index < -0.39 is 5.97 Å². The highest BCUT2D eigenvalue weighted by Crippen LogP contribution is 2.15. The topological polar surface area (TPSA) is 78.4 Å². The van der Waals surface area contributed by atoms with Gasteiger partial charge in [0.25, 0.3) is 0 Å². The molecule has 1 atom stereocenters. The lowest BCUT2D eigenvalue weighted by Crippen LogP contribution is -2.31. The SMILES string of the molecule is O=C(CCC1CCCNC1)NCc1cccc(C(=O)O)c1. The van der Waals surface area contributed by atoms with Crippen LogP contribution in [0, 0.1) is 5.92 Å². The van der Waals surface area contributed by atoms with E-state index in [1.165, 1.54) is 12.8 Å². The third-order valence-corrected chi connectivity index (χ3v) is 3.84. The van der Waals surface area contributed by atoms with Gasteiger partial charge in [0.15, 0.2) is 0 Å². The van der Waals surface area contributed by atoms with Crippen molar-refractivity contribution in [2.45, 2.75) is 32.2 Å². The first-order valence-corrected chi connectivity index (χ1v) is 7.45. The number of aromatic carboxylic acids is 1. The van der Waals surface area contributed by atoms with Crippen molar-refractivity contribution in [1.82, 2.24) is 10.6 Å². The molecule has 21 heavy (non-hydrogen) atoms. The Balaban J connectivity index is 1.73. The van der Waals surface area contributed by atoms with Crippen LogP contribution in [-0.4, -0.2) is 30.1 Å². The molecule has 114 valence electrons. The molecule has 1 aliphatic heterocycles. The molecule has 0 aromatic heterocycles. The van der Waals surface area contributed by atoms with Crippen molar-refractivity contribution < 1.29 is 14.7 Å². The summed E-state index contributed by atoms with van der Waals surface area (Å²) in [6.07, 6.45) is 3.83. The summed E-state index contributed by atoms with van der Waals surface area (Å²) in [5.41, 5.74) is 1.05. The van der Waals surface area contributed by atoms with Crippen molar-refractivity contribution in [1.29, 1.82) is 0 Å². The van der Waals surface area contributed by atoms with E-state index in [-0.39, 0.29) is 11.5 Å². The largest absolute Gasteiger partial charge is 0.478 e. The van der Waals surface area contributed by atoms with Gasteiger partial charge in [0, 0.05) is 13.0 Å². The third-order valence-electron chi connectivity index (χ3n) is 3.84. The van der Waals surface area contributed by atoms with Crippen LogP contribution >= 0.6 is 0 Å². The van der Waals surface area contributed by atoms with Gasteiger partial charge < -0.3 is 15.7 Å². The fraction of sp³-hybridized carbons (Fsp3) is 0.500. The Morgan fingerprint density at radius 3 is 2.95 bits per heavy atom. The average Bonchev–Trinajstić information content (AvgIpc) is 2.52. The number of hydrogen-bond acceptors (Lipinski definition) is 3. The van der Waals surface area contributed by atoms with Crippen LogP contribution in [0.2, 0.25) is 0 Å². The Hall–Kier alpha value is -1.88. The zero-order valence-corrected chi connectivity index (χ0v) is 12.1. The highest BCUT2D eigenvalue weighted by molar-refractivity contribution is 5.87. The molecule has 1 amide bonds. The van der Waals surface area contributed by atoms with Gasteiger partial charge in [-0.05, 0) is 56.0 Å². The van der Waals surface area contributed by atoms with Gasteiger partial charge in [-0.2, -0.15) is 0 Å². The van der Waals surface area contributed by atoms with Crippen LogP contribution in [0.1, 0.15) is 41.6 Å². The minimum Gasteiger partial charge on any atom is -0.478 e. The molecule has 1 saturated heterocycles. The minimum atomic E-state index is -0.951. The molecular weight excluding hydrogens is 268 g/mol. The summed E-state index contributed by atoms with van der Waals surface area (Å²) in [6, 6.07) is 6.65. The monoisotopic (exact) mass is 290 g/mol. The molecule has 1 aliphatic rings. The maximum Gasteiger partial charge on any atom is 0.335 e. The highest BCUT2D eigenvalue weighted by Gasteiger charge is 2.14. The lowest BCUT2D eigenvalue weighted by atomic mass is 9.94. The van der Waals surface area contributed by atoms with Gasteiger partial charge in [-0.15, -0.1) is 0 Å². The van der Waals surface area contributed by atoms with Crippen LogP contribution in [0.5, 0.6) is 0 Å². The van der Waals surface area contributed by atoms with Crippen molar-refractivity contribution in [3.63, 3.8) is 0 Å². The number of carboxylic acids is 1. The standard InChI is InChI=1S/C16H22N2O3/c19-15(7-6-12-4-2-8-17-10-12)18-11-13-3-1-5-14(9-13)16(20)21/h1,3,5,9,12,17H,2,4,6-8,10-11H2,(H,18,19)(H,20,21). The molecule has 1 heterocycles. The molecule has 5 heteroatoms. The Kier molecular flexibility index (Phi) is 5.75. The number of nitrogens with one attached hydrogen (secondary N) is 2. The molecule has 2 rings (SSSR count). The predicted octanol–water partition coefficient (Wildman–Crippen LogP) is 1.78. The minimum absolute atomic E-state index is 0.0290. The van der Waals surface area contributed by atoms with E-state index in [0.717, 1.165) is 25.1 Å². The predicted molar refractivity (Wildman–Crippen MR) is 80.1 cm³/mol. The van der Waals surface area contributed by atoms with Crippen molar-refractivity contribution >= 4 is 11.9 Å². The maximum atomic E-state index is 11.8. The smallest absolute Gasteiger partial charge is 0.335 e. The molecule has 1 aromatic rings. The first-order chi connectivity index (χ1) is 10.1. The molecule has 1 unspecified atom stereocenters. The highest BCUT2D eigenvalue weighted by atomic mass is 16.4. The van der Waals surface area contributed by atoms with Crippen molar-refractivity contribution in [2.24, 2.45) is 5.92 Å². The molecule has 0 bridgehead atoms. The van der Waals surface area contributed by atoms with Crippen molar-refractivity contribution in [2.75, 3.05) is 13.1 Å². The summed E-state index contributed by atoms with van der Waals surface area (Å²) < 4.78 is 0. The first kappa shape index (κ1) is 15.5. The molecule has 0 aliphatic carbocycles. The maximum absolute atomic E-state index is 11.8. The van der Waals surface area contributed by atoms with Gasteiger partial charge >= 0.3 is 5.97 Å². The molecular formula is C16H22N2O3. The van der Waals surface area contributed by atoms with Crippen LogP contribution in [-0.2, 0) is 11.3 Å². The van der Waals surface area contributed by atoms with Gasteiger partial charge in [0.2, 0.25) is 5.91 Å². The number of carboxylic acid groups (broad SMARTS) is 1. The fourth-order valence-electron chi connectivity index (χ4n) is 2.61. The summed E-state index contributed by atoms with van der Waals surface area (Å²) in [4.78, 5) is 22.7. The average molecular weight is 290 g/mol. The lowest BCUT2D eigenvalue weighted by Gasteiger charge is -2.22. The lowest BCUT2D eigenvalue weighted by molar-refractivity contribution is -0.121. The number of amides is 1. The van der Waals surface area contributed by atoms with Crippen LogP contribution in [0.25, 0.3) is 0 Å². The van der Waals surface area contributed by atoms with Gasteiger partial charge in [0.1, 0.15) is 0 Å². The number of benzene rings is 1. The zero-order chi connectivity index (χ0) is 15.1. The molecule has 0 radical (unpaired) electrons. The van der Waals surface area contributed by atoms with Gasteiger partial charge in [-0.25, -0.2) is 4.79 Å².